The van der Waals surface area contributed by atoms with Crippen LogP contribution < -0.4 is 15.6 Å². The van der Waals surface area contributed by atoms with Crippen LogP contribution >= 0.6 is 0 Å². The van der Waals surface area contributed by atoms with Gasteiger partial charge >= 0.3 is 0 Å². The summed E-state index contributed by atoms with van der Waals surface area (Å²) in [6, 6.07) is 41.6. The fourth-order valence-electron chi connectivity index (χ4n) is 16.4. The van der Waals surface area contributed by atoms with Crippen molar-refractivity contribution >= 4 is 11.7 Å². The molecule has 0 unspecified atom stereocenters. The zero-order valence-corrected chi connectivity index (χ0v) is 88.6. The minimum absolute atomic E-state index is 0. The molecule has 0 saturated carbocycles. The Balaban J connectivity index is 0.00000154. The first-order valence-electron chi connectivity index (χ1n) is 52.3. The number of quaternary nitrogens is 2. The lowest BCUT2D eigenvalue weighted by atomic mass is 9.74. The molecular weight excluding hydrogens is 1610 g/mol. The fraction of sp³-hybridized carbons (Fsp3) is 0.704. The van der Waals surface area contributed by atoms with Crippen molar-refractivity contribution < 1.29 is 48.0 Å². The summed E-state index contributed by atoms with van der Waals surface area (Å²) in [6.45, 7) is 60.6. The maximum Gasteiger partial charge on any atom is 0.138 e. The van der Waals surface area contributed by atoms with Crippen molar-refractivity contribution in [1.29, 1.82) is 0 Å². The van der Waals surface area contributed by atoms with Crippen molar-refractivity contribution in [1.82, 2.24) is 19.8 Å². The van der Waals surface area contributed by atoms with E-state index in [2.05, 4.69) is 207 Å². The van der Waals surface area contributed by atoms with E-state index in [1.54, 1.807) is 14.2 Å². The van der Waals surface area contributed by atoms with Crippen molar-refractivity contribution in [2.24, 2.45) is 0 Å². The van der Waals surface area contributed by atoms with Gasteiger partial charge in [0.05, 0.1) is 104 Å². The van der Waals surface area contributed by atoms with Crippen molar-refractivity contribution in [2.45, 2.75) is 379 Å². The number of nitrogens with one attached hydrogen (secondary N) is 1. The molecule has 0 bridgehead atoms. The van der Waals surface area contributed by atoms with Crippen LogP contribution in [-0.2, 0) is 40.0 Å². The van der Waals surface area contributed by atoms with Gasteiger partial charge < -0.3 is 63.6 Å². The zero-order valence-electron chi connectivity index (χ0n) is 88.6. The first kappa shape index (κ1) is 124. The second-order valence-corrected chi connectivity index (χ2v) is 40.4. The largest absolute Gasteiger partial charge is 0.870 e. The number of H-pyrrole nitrogens is 1. The van der Waals surface area contributed by atoms with Crippen molar-refractivity contribution in [2.75, 3.05) is 159 Å². The average molecular weight is 1810 g/mol. The van der Waals surface area contributed by atoms with Crippen molar-refractivity contribution in [3.05, 3.63) is 149 Å². The number of carboxylic acids is 1. The maximum absolute atomic E-state index is 10.6. The number of methoxy groups -OCH3 is 2. The van der Waals surface area contributed by atoms with E-state index in [0.717, 1.165) is 89.1 Å². The number of anilines is 1. The van der Waals surface area contributed by atoms with Crippen LogP contribution in [0.15, 0.2) is 121 Å². The third kappa shape index (κ3) is 60.4. The Hall–Kier alpha value is -5.98. The molecule has 0 aliphatic heterocycles. The van der Waals surface area contributed by atoms with Crippen LogP contribution in [0.4, 0.5) is 5.69 Å². The molecule has 4 N–H and O–H groups in total. The Morgan fingerprint density at radius 1 is 0.392 bits per heavy atom. The van der Waals surface area contributed by atoms with Crippen LogP contribution in [0.1, 0.15) is 377 Å². The highest BCUT2D eigenvalue weighted by molar-refractivity contribution is 5.81. The molecule has 5 aromatic carbocycles. The smallest absolute Gasteiger partial charge is 0.138 e. The minimum atomic E-state index is -0.947. The highest BCUT2D eigenvalue weighted by Crippen LogP contribution is 2.40. The normalized spacial score (nSPS) is 11.6. The molecule has 0 atom stereocenters. The molecule has 15 heteroatoms. The first-order chi connectivity index (χ1) is 61.9. The van der Waals surface area contributed by atoms with Gasteiger partial charge in [0.1, 0.15) is 24.7 Å². The topological polar surface area (TPSA) is 177 Å². The Bertz CT molecular complexity index is 3370. The molecule has 6 aromatic rings. The minimum Gasteiger partial charge on any atom is -0.870 e. The third-order valence-corrected chi connectivity index (χ3v) is 24.7. The van der Waals surface area contributed by atoms with Crippen LogP contribution in [0.5, 0.6) is 5.75 Å². The molecule has 0 spiro atoms. The summed E-state index contributed by atoms with van der Waals surface area (Å²) in [5.74, 6) is 0.903. The lowest BCUT2D eigenvalue weighted by Crippen LogP contribution is -2.50. The van der Waals surface area contributed by atoms with Crippen LogP contribution in [0.2, 0.25) is 0 Å². The Morgan fingerprint density at radius 2 is 0.723 bits per heavy atom. The number of carboxylic acid groups (broad SMARTS) is 1. The number of aromatic nitrogens is 2. The second-order valence-electron chi connectivity index (χ2n) is 40.4. The monoisotopic (exact) mass is 1810 g/mol. The summed E-state index contributed by atoms with van der Waals surface area (Å²) < 4.78 is 29.2. The first-order valence-corrected chi connectivity index (χ1v) is 52.3. The number of aromatic amines is 1. The number of unbranched alkanes of at least 4 members (excludes halogenated alkanes) is 28. The predicted octanol–water partition coefficient (Wildman–Crippen LogP) is 28.8. The molecule has 0 fully saturated rings. The number of carbonyl (C=O) groups is 1. The summed E-state index contributed by atoms with van der Waals surface area (Å²) in [5, 5.41) is 10.6. The van der Waals surface area contributed by atoms with Gasteiger partial charge in [-0.2, -0.15) is 0 Å². The summed E-state index contributed by atoms with van der Waals surface area (Å²) >= 11 is 0. The number of hydrogen-bond donors (Lipinski definition) is 2. The summed E-state index contributed by atoms with van der Waals surface area (Å²) in [4.78, 5) is 24.0. The van der Waals surface area contributed by atoms with E-state index in [0.29, 0.717) is 50.7 Å². The van der Waals surface area contributed by atoms with E-state index >= 15 is 0 Å². The molecule has 1 aromatic heterocycles. The molecule has 15 nitrogen and oxygen atoms in total. The van der Waals surface area contributed by atoms with E-state index < -0.39 is 5.97 Å². The van der Waals surface area contributed by atoms with Gasteiger partial charge in [0, 0.05) is 56.2 Å². The number of hydrogen-bond acceptors (Lipinski definition) is 12. The number of ether oxygens (including phenoxy) is 5. The van der Waals surface area contributed by atoms with Gasteiger partial charge in [-0.25, -0.2) is 4.98 Å². The van der Waals surface area contributed by atoms with E-state index in [1.807, 2.05) is 74.8 Å². The summed E-state index contributed by atoms with van der Waals surface area (Å²) in [6.07, 6.45) is 50.0. The Kier molecular flexibility index (Phi) is 73.7. The SMILES string of the molecule is CC(C)(C)c1cc(C(C)(C)C)c(N)c(C(C)(C)C)c1.CCCCCCCCCCCC[N+](C)(C)CC(=O)[O-].CCCCCCCCN(CCCCCCCC)CCCCCCCC.CCCC[N+](CCCC)(CCCC)CCCC.COCCN(CCOC)CCOCCOCCOc1c(C)cccc1C.[OH-].c1ccc(-c2nc(-c3ccccc3)c(-c3ccccc3)[nH]2)cc1. The van der Waals surface area contributed by atoms with Gasteiger partial charge in [0.15, 0.2) is 0 Å². The molecule has 1 heterocycles. The quantitative estimate of drug-likeness (QED) is 0.0210. The number of imidazole rings is 1. The fourth-order valence-corrected chi connectivity index (χ4v) is 16.4. The lowest BCUT2D eigenvalue weighted by molar-refractivity contribution is -0.929. The standard InChI is InChI=1S/C24H51N.C21H16N2.C20H35NO5.C18H31N.C16H33NO2.C16H36N.H2O/c1-4-7-10-13-16-19-22-25(23-20-17-14-11-8-5-2)24-21-18-15-12-9-6-3;1-4-10-16(11-5-1)19-20(17-12-6-2-7-13-17)23-21(22-19)18-14-8-3-9-15-18;1-18-6-5-7-19(2)20(18)26-17-16-25-15-14-24-13-10-21(8-11-22-3)9-12-23-4;1-16(2,3)12-10-13(17(4,5)6)15(19)14(11-12)18(7,8)9;1-4-5-6-7-8-9-10-11-12-13-14-17(2,3)15-16(18)19;1-5-9-13-17(14-10-6-2,15-11-7-3)16-12-8-4;/h4-24H2,1-3H3;1-15H,(H,22,23);5-7H,8-17H2,1-4H3;10-11H,19H2,1-9H3;4-15H2,1-3H3;5-16H2,1-4H3;1H2/q;;;;;+1;/p-1. The number of aliphatic carboxylic acids is 1. The Labute approximate surface area is 801 Å². The van der Waals surface area contributed by atoms with E-state index in [-0.39, 0.29) is 28.3 Å². The zero-order chi connectivity index (χ0) is 95.7. The number of rotatable bonds is 65. The molecule has 130 heavy (non-hydrogen) atoms. The molecule has 0 aliphatic rings. The van der Waals surface area contributed by atoms with Gasteiger partial charge in [-0.05, 0) is 135 Å². The highest BCUT2D eigenvalue weighted by Gasteiger charge is 2.29. The molecule has 0 amide bonds. The average Bonchev–Trinajstić information content (AvgIpc) is 1.32. The molecule has 0 saturated heterocycles. The van der Waals surface area contributed by atoms with Gasteiger partial charge in [-0.15, -0.1) is 0 Å². The van der Waals surface area contributed by atoms with Gasteiger partial charge in [-0.1, -0.05) is 412 Å². The van der Waals surface area contributed by atoms with Gasteiger partial charge in [0.2, 0.25) is 0 Å². The lowest BCUT2D eigenvalue weighted by Gasteiger charge is -2.39. The van der Waals surface area contributed by atoms with Gasteiger partial charge in [-0.3, -0.25) is 4.90 Å². The summed E-state index contributed by atoms with van der Waals surface area (Å²) in [5.41, 5.74) is 19.3. The number of para-hydroxylation sites is 1. The third-order valence-electron chi connectivity index (χ3n) is 24.7. The number of likely N-dealkylation sites (N-methyl/N-ethyl adjacent to an activating group) is 1. The molecule has 0 aliphatic carbocycles. The van der Waals surface area contributed by atoms with E-state index in [9.17, 15) is 9.90 Å². The molecular formula is C115H203N7O8. The van der Waals surface area contributed by atoms with Crippen LogP contribution in [0.3, 0.4) is 0 Å². The predicted molar refractivity (Wildman–Crippen MR) is 562 cm³/mol. The van der Waals surface area contributed by atoms with Crippen molar-refractivity contribution in [3.63, 3.8) is 0 Å². The molecule has 0 radical (unpaired) electrons. The summed E-state index contributed by atoms with van der Waals surface area (Å²) in [7, 11) is 7.35. The number of nitrogen functional groups attached to an aromatic ring is 1. The van der Waals surface area contributed by atoms with E-state index in [1.165, 1.54) is 292 Å². The molecule has 746 valence electrons. The van der Waals surface area contributed by atoms with Gasteiger partial charge in [0.25, 0.3) is 0 Å². The number of nitrogens with two attached hydrogens (primary N) is 1. The highest BCUT2D eigenvalue weighted by atomic mass is 16.5. The number of carbonyl (C=O) groups excluding carboxylic acids is 1. The van der Waals surface area contributed by atoms with E-state index in [4.69, 9.17) is 34.4 Å². The second kappa shape index (κ2) is 77.2. The maximum atomic E-state index is 10.6. The molecule has 6 rings (SSSR count). The number of nitrogens with zero attached hydrogens (tertiary/aromatic N) is 5. The number of benzene rings is 5. The van der Waals surface area contributed by atoms with Crippen LogP contribution in [-0.4, -0.2) is 193 Å². The van der Waals surface area contributed by atoms with Crippen LogP contribution in [0, 0.1) is 13.8 Å². The van der Waals surface area contributed by atoms with Crippen LogP contribution in [0.25, 0.3) is 33.9 Å². The number of aryl methyl sites for hydroxylation is 2. The Morgan fingerprint density at radius 3 is 1.08 bits per heavy atom. The van der Waals surface area contributed by atoms with Crippen molar-refractivity contribution in [3.8, 4) is 39.7 Å².